The fourth-order valence-electron chi connectivity index (χ4n) is 8.15. The zero-order valence-electron chi connectivity index (χ0n) is 18.2. The predicted molar refractivity (Wildman–Crippen MR) is 111 cm³/mol. The van der Waals surface area contributed by atoms with Crippen LogP contribution in [0, 0.1) is 29.1 Å². The smallest absolute Gasteiger partial charge is 0.328 e. The Hall–Kier alpha value is -1.59. The highest BCUT2D eigenvalue weighted by molar-refractivity contribution is 5.87. The van der Waals surface area contributed by atoms with Gasteiger partial charge in [-0.25, -0.2) is 4.79 Å². The van der Waals surface area contributed by atoms with Gasteiger partial charge in [0.1, 0.15) is 6.04 Å². The van der Waals surface area contributed by atoms with Crippen LogP contribution in [0.3, 0.4) is 0 Å². The van der Waals surface area contributed by atoms with Crippen molar-refractivity contribution in [1.82, 2.24) is 10.2 Å². The van der Waals surface area contributed by atoms with Crippen LogP contribution < -0.4 is 5.32 Å². The van der Waals surface area contributed by atoms with E-state index in [1.54, 1.807) is 0 Å². The molecule has 5 saturated carbocycles. The van der Waals surface area contributed by atoms with Gasteiger partial charge >= 0.3 is 5.97 Å². The van der Waals surface area contributed by atoms with E-state index in [0.717, 1.165) is 62.7 Å². The summed E-state index contributed by atoms with van der Waals surface area (Å²) in [5.41, 5.74) is -0.172. The third-order valence-electron chi connectivity index (χ3n) is 8.99. The van der Waals surface area contributed by atoms with Crippen molar-refractivity contribution in [3.8, 4) is 0 Å². The number of nitrogens with one attached hydrogen (secondary N) is 1. The Labute approximate surface area is 179 Å². The average molecular weight is 417 g/mol. The molecule has 4 bridgehead atoms. The van der Waals surface area contributed by atoms with E-state index in [9.17, 15) is 14.4 Å². The van der Waals surface area contributed by atoms with Crippen LogP contribution in [0.15, 0.2) is 0 Å². The minimum absolute atomic E-state index is 0.00869. The van der Waals surface area contributed by atoms with Crippen LogP contribution in [-0.2, 0) is 19.1 Å². The molecular formula is C24H36N2O4. The number of nitrogens with zero attached hydrogens (tertiary/aromatic N) is 1. The maximum atomic E-state index is 13.1. The molecule has 1 N–H and O–H groups in total. The minimum Gasteiger partial charge on any atom is -0.467 e. The Bertz CT molecular complexity index is 685. The van der Waals surface area contributed by atoms with E-state index in [2.05, 4.69) is 5.32 Å². The first-order valence-corrected chi connectivity index (χ1v) is 12.2. The van der Waals surface area contributed by atoms with Crippen molar-refractivity contribution < 1.29 is 19.1 Å². The number of amides is 2. The van der Waals surface area contributed by atoms with Gasteiger partial charge in [0.15, 0.2) is 0 Å². The molecule has 6 fully saturated rings. The Kier molecular flexibility index (Phi) is 5.30. The van der Waals surface area contributed by atoms with Gasteiger partial charge in [-0.05, 0) is 81.5 Å². The van der Waals surface area contributed by atoms with Crippen LogP contribution >= 0.6 is 0 Å². The molecule has 3 atom stereocenters. The highest BCUT2D eigenvalue weighted by Crippen LogP contribution is 2.60. The van der Waals surface area contributed by atoms with Gasteiger partial charge in [-0.15, -0.1) is 0 Å². The molecule has 6 nitrogen and oxygen atoms in total. The lowest BCUT2D eigenvalue weighted by Crippen LogP contribution is -2.54. The van der Waals surface area contributed by atoms with Crippen molar-refractivity contribution in [2.75, 3.05) is 13.7 Å². The maximum Gasteiger partial charge on any atom is 0.328 e. The number of fused-ring (bicyclic) bond motifs is 1. The molecule has 0 aromatic heterocycles. The quantitative estimate of drug-likeness (QED) is 0.699. The van der Waals surface area contributed by atoms with Crippen LogP contribution in [0.4, 0.5) is 0 Å². The highest BCUT2D eigenvalue weighted by atomic mass is 16.5. The Balaban J connectivity index is 1.19. The van der Waals surface area contributed by atoms with Crippen LogP contribution in [0.25, 0.3) is 0 Å². The summed E-state index contributed by atoms with van der Waals surface area (Å²) in [5.74, 6) is 2.48. The number of rotatable bonds is 5. The molecule has 6 heteroatoms. The monoisotopic (exact) mass is 416 g/mol. The van der Waals surface area contributed by atoms with Gasteiger partial charge in [0, 0.05) is 24.4 Å². The van der Waals surface area contributed by atoms with Gasteiger partial charge in [-0.3, -0.25) is 9.59 Å². The van der Waals surface area contributed by atoms with E-state index in [-0.39, 0.29) is 35.7 Å². The van der Waals surface area contributed by atoms with E-state index in [0.29, 0.717) is 12.5 Å². The lowest BCUT2D eigenvalue weighted by atomic mass is 9.49. The number of esters is 1. The number of hydrogen-bond donors (Lipinski definition) is 1. The predicted octanol–water partition coefficient (Wildman–Crippen LogP) is 3.04. The third-order valence-corrected chi connectivity index (χ3v) is 8.99. The number of carbonyl (C=O) groups is 3. The number of ether oxygens (including phenoxy) is 1. The lowest BCUT2D eigenvalue weighted by Gasteiger charge is -2.55. The molecule has 6 rings (SSSR count). The number of likely N-dealkylation sites (tertiary alicyclic amines) is 1. The summed E-state index contributed by atoms with van der Waals surface area (Å²) in [4.78, 5) is 40.4. The van der Waals surface area contributed by atoms with Gasteiger partial charge in [0.25, 0.3) is 0 Å². The van der Waals surface area contributed by atoms with Gasteiger partial charge in [-0.1, -0.05) is 12.8 Å². The summed E-state index contributed by atoms with van der Waals surface area (Å²) in [7, 11) is 1.40. The standard InChI is InChI=1S/C24H36N2O4/c1-30-22(28)20-11-18-4-2-3-5-19(18)26(20)21(27)6-7-25-23(29)24-12-15-8-16(13-24)10-17(9-15)14-24/h15-20H,2-14H2,1H3,(H,25,29)/t15?,16?,17?,18-,19-,20+,24?/m1/s1. The molecular weight excluding hydrogens is 380 g/mol. The van der Waals surface area contributed by atoms with E-state index in [1.807, 2.05) is 4.90 Å². The van der Waals surface area contributed by atoms with E-state index in [1.165, 1.54) is 32.8 Å². The third kappa shape index (κ3) is 3.44. The second-order valence-corrected chi connectivity index (χ2v) is 10.9. The lowest BCUT2D eigenvalue weighted by molar-refractivity contribution is -0.152. The van der Waals surface area contributed by atoms with E-state index >= 15 is 0 Å². The fourth-order valence-corrected chi connectivity index (χ4v) is 8.15. The van der Waals surface area contributed by atoms with Gasteiger partial charge < -0.3 is 15.0 Å². The van der Waals surface area contributed by atoms with Crippen LogP contribution in [0.5, 0.6) is 0 Å². The Morgan fingerprint density at radius 3 is 2.23 bits per heavy atom. The molecule has 0 unspecified atom stereocenters. The SMILES string of the molecule is COC(=O)[C@@H]1C[C@H]2CCCC[C@H]2N1C(=O)CCNC(=O)C12CC3CC(CC(C3)C1)C2. The molecule has 0 radical (unpaired) electrons. The van der Waals surface area contributed by atoms with Crippen molar-refractivity contribution in [1.29, 1.82) is 0 Å². The number of hydrogen-bond acceptors (Lipinski definition) is 4. The van der Waals surface area contributed by atoms with Crippen molar-refractivity contribution in [2.24, 2.45) is 29.1 Å². The zero-order chi connectivity index (χ0) is 20.9. The molecule has 0 aromatic rings. The molecule has 1 aliphatic heterocycles. The highest BCUT2D eigenvalue weighted by Gasteiger charge is 2.54. The van der Waals surface area contributed by atoms with E-state index in [4.69, 9.17) is 4.74 Å². The van der Waals surface area contributed by atoms with E-state index < -0.39 is 6.04 Å². The Morgan fingerprint density at radius 1 is 0.967 bits per heavy atom. The molecule has 166 valence electrons. The number of methoxy groups -OCH3 is 1. The minimum atomic E-state index is -0.450. The summed E-state index contributed by atoms with van der Waals surface area (Å²) in [6.07, 6.45) is 12.4. The first-order chi connectivity index (χ1) is 14.5. The first-order valence-electron chi connectivity index (χ1n) is 12.2. The fraction of sp³-hybridized carbons (Fsp3) is 0.875. The maximum absolute atomic E-state index is 13.1. The van der Waals surface area contributed by atoms with Crippen molar-refractivity contribution in [3.05, 3.63) is 0 Å². The zero-order valence-corrected chi connectivity index (χ0v) is 18.2. The molecule has 2 amide bonds. The van der Waals surface area contributed by atoms with Crippen LogP contribution in [0.2, 0.25) is 0 Å². The normalized spacial score (nSPS) is 41.4. The number of carbonyl (C=O) groups excluding carboxylic acids is 3. The molecule has 6 aliphatic rings. The molecule has 5 aliphatic carbocycles. The molecule has 0 aromatic carbocycles. The van der Waals surface area contributed by atoms with Crippen LogP contribution in [-0.4, -0.2) is 48.4 Å². The Morgan fingerprint density at radius 2 is 1.60 bits per heavy atom. The molecule has 0 spiro atoms. The second-order valence-electron chi connectivity index (χ2n) is 10.9. The van der Waals surface area contributed by atoms with Crippen molar-refractivity contribution >= 4 is 17.8 Å². The summed E-state index contributed by atoms with van der Waals surface area (Å²) in [5, 5.41) is 3.12. The summed E-state index contributed by atoms with van der Waals surface area (Å²) in [6.45, 7) is 0.376. The van der Waals surface area contributed by atoms with Crippen LogP contribution in [0.1, 0.15) is 77.0 Å². The molecule has 1 saturated heterocycles. The van der Waals surface area contributed by atoms with Crippen molar-refractivity contribution in [2.45, 2.75) is 89.1 Å². The van der Waals surface area contributed by atoms with Gasteiger partial charge in [-0.2, -0.15) is 0 Å². The average Bonchev–Trinajstić information content (AvgIpc) is 3.11. The summed E-state index contributed by atoms with van der Waals surface area (Å²) >= 11 is 0. The molecule has 30 heavy (non-hydrogen) atoms. The summed E-state index contributed by atoms with van der Waals surface area (Å²) in [6, 6.07) is -0.288. The largest absolute Gasteiger partial charge is 0.467 e. The van der Waals surface area contributed by atoms with Gasteiger partial charge in [0.2, 0.25) is 11.8 Å². The van der Waals surface area contributed by atoms with Crippen molar-refractivity contribution in [3.63, 3.8) is 0 Å². The topological polar surface area (TPSA) is 75.7 Å². The molecule has 1 heterocycles. The second kappa shape index (κ2) is 7.83. The first kappa shape index (κ1) is 20.3. The summed E-state index contributed by atoms with van der Waals surface area (Å²) < 4.78 is 5.00. The van der Waals surface area contributed by atoms with Gasteiger partial charge in [0.05, 0.1) is 7.11 Å².